The van der Waals surface area contributed by atoms with E-state index in [1.165, 1.54) is 0 Å². The van der Waals surface area contributed by atoms with Gasteiger partial charge in [0, 0.05) is 28.5 Å². The van der Waals surface area contributed by atoms with Crippen molar-refractivity contribution in [1.82, 2.24) is 9.71 Å². The van der Waals surface area contributed by atoms with E-state index in [-0.39, 0.29) is 4.75 Å². The molecule has 0 saturated carbocycles. The molecule has 1 N–H and O–H groups in total. The predicted octanol–water partition coefficient (Wildman–Crippen LogP) is 3.92. The molecule has 1 aromatic carbocycles. The standard InChI is InChI=1S/C18H21BrN2O2S/c1-17(2,3)24(22)21-18(13-6-8-14(19)9-7-13)10-12-23-15-5-4-11-20-16(15)18/h4-9,11,21H,10,12H2,1-3H3/t18-,24?/m0/s1. The number of aromatic nitrogens is 1. The summed E-state index contributed by atoms with van der Waals surface area (Å²) in [4.78, 5) is 4.57. The molecule has 0 spiro atoms. The average Bonchev–Trinajstić information content (AvgIpc) is 2.55. The van der Waals surface area contributed by atoms with Gasteiger partial charge in [-0.25, -0.2) is 0 Å². The van der Waals surface area contributed by atoms with Crippen LogP contribution in [-0.2, 0) is 16.9 Å². The fraction of sp³-hybridized carbons (Fsp3) is 0.389. The third kappa shape index (κ3) is 3.33. The molecule has 0 radical (unpaired) electrons. The zero-order valence-corrected chi connectivity index (χ0v) is 16.4. The Labute approximate surface area is 154 Å². The molecule has 1 aromatic heterocycles. The van der Waals surface area contributed by atoms with E-state index in [1.807, 2.05) is 57.2 Å². The highest BCUT2D eigenvalue weighted by Gasteiger charge is 2.46. The van der Waals surface area contributed by atoms with Crippen molar-refractivity contribution in [2.75, 3.05) is 6.61 Å². The van der Waals surface area contributed by atoms with Gasteiger partial charge in [-0.05, 0) is 50.6 Å². The van der Waals surface area contributed by atoms with Crippen LogP contribution in [0.25, 0.3) is 0 Å². The molecule has 6 heteroatoms. The first-order valence-electron chi connectivity index (χ1n) is 7.87. The first-order valence-corrected chi connectivity index (χ1v) is 9.81. The van der Waals surface area contributed by atoms with Crippen molar-refractivity contribution in [2.45, 2.75) is 37.5 Å². The number of nitrogens with zero attached hydrogens (tertiary/aromatic N) is 1. The number of fused-ring (bicyclic) bond motifs is 1. The van der Waals surface area contributed by atoms with E-state index >= 15 is 0 Å². The van der Waals surface area contributed by atoms with Crippen LogP contribution >= 0.6 is 15.9 Å². The Bertz CT molecular complexity index is 718. The smallest absolute Gasteiger partial charge is 0.143 e. The summed E-state index contributed by atoms with van der Waals surface area (Å²) in [7, 11) is 0. The molecule has 0 bridgehead atoms. The largest absolute Gasteiger partial charge is 0.598 e. The van der Waals surface area contributed by atoms with E-state index in [0.29, 0.717) is 13.0 Å². The van der Waals surface area contributed by atoms with Crippen molar-refractivity contribution in [3.05, 3.63) is 58.3 Å². The summed E-state index contributed by atoms with van der Waals surface area (Å²) in [5.74, 6) is 0.741. The van der Waals surface area contributed by atoms with Gasteiger partial charge in [0.15, 0.2) is 0 Å². The van der Waals surface area contributed by atoms with Gasteiger partial charge in [-0.15, -0.1) is 4.72 Å². The van der Waals surface area contributed by atoms with Gasteiger partial charge in [-0.3, -0.25) is 4.98 Å². The minimum atomic E-state index is -1.24. The van der Waals surface area contributed by atoms with E-state index < -0.39 is 16.9 Å². The van der Waals surface area contributed by atoms with Crippen LogP contribution < -0.4 is 9.46 Å². The molecule has 2 heterocycles. The maximum atomic E-state index is 12.9. The zero-order chi connectivity index (χ0) is 17.4. The quantitative estimate of drug-likeness (QED) is 0.781. The van der Waals surface area contributed by atoms with Crippen molar-refractivity contribution < 1.29 is 9.29 Å². The van der Waals surface area contributed by atoms with Crippen LogP contribution in [0, 0.1) is 0 Å². The second kappa shape index (κ2) is 6.67. The van der Waals surface area contributed by atoms with Crippen LogP contribution in [-0.4, -0.2) is 20.9 Å². The molecule has 24 heavy (non-hydrogen) atoms. The van der Waals surface area contributed by atoms with Gasteiger partial charge in [0.2, 0.25) is 0 Å². The lowest BCUT2D eigenvalue weighted by Crippen LogP contribution is -2.54. The third-order valence-corrected chi connectivity index (χ3v) is 6.24. The van der Waals surface area contributed by atoms with Gasteiger partial charge in [-0.2, -0.15) is 0 Å². The molecule has 4 nitrogen and oxygen atoms in total. The molecule has 1 aliphatic rings. The topological polar surface area (TPSA) is 57.2 Å². The molecule has 0 fully saturated rings. The highest BCUT2D eigenvalue weighted by Crippen LogP contribution is 2.42. The van der Waals surface area contributed by atoms with Crippen molar-refractivity contribution in [1.29, 1.82) is 0 Å². The first kappa shape index (κ1) is 17.7. The molecule has 0 amide bonds. The van der Waals surface area contributed by atoms with Crippen LogP contribution in [0.2, 0.25) is 0 Å². The van der Waals surface area contributed by atoms with Crippen LogP contribution in [0.3, 0.4) is 0 Å². The van der Waals surface area contributed by atoms with Gasteiger partial charge in [-0.1, -0.05) is 28.1 Å². The molecule has 0 aliphatic carbocycles. The Kier molecular flexibility index (Phi) is 4.93. The first-order chi connectivity index (χ1) is 11.3. The Hall–Kier alpha value is -1.08. The normalized spacial score (nSPS) is 21.7. The van der Waals surface area contributed by atoms with Crippen molar-refractivity contribution >= 4 is 27.3 Å². The van der Waals surface area contributed by atoms with Crippen molar-refractivity contribution in [3.63, 3.8) is 0 Å². The molecule has 128 valence electrons. The van der Waals surface area contributed by atoms with Crippen molar-refractivity contribution in [3.8, 4) is 5.75 Å². The lowest BCUT2D eigenvalue weighted by molar-refractivity contribution is 0.221. The summed E-state index contributed by atoms with van der Waals surface area (Å²) in [5, 5.41) is 0. The van der Waals surface area contributed by atoms with Gasteiger partial charge in [0.25, 0.3) is 0 Å². The molecule has 1 unspecified atom stereocenters. The Morgan fingerprint density at radius 2 is 1.96 bits per heavy atom. The number of nitrogens with one attached hydrogen (secondary N) is 1. The average molecular weight is 409 g/mol. The Balaban J connectivity index is 2.14. The highest BCUT2D eigenvalue weighted by atomic mass is 79.9. The number of benzene rings is 1. The fourth-order valence-corrected chi connectivity index (χ4v) is 3.95. The van der Waals surface area contributed by atoms with E-state index in [9.17, 15) is 4.55 Å². The molecule has 2 atom stereocenters. The lowest BCUT2D eigenvalue weighted by Gasteiger charge is -2.40. The molecule has 0 saturated heterocycles. The van der Waals surface area contributed by atoms with Crippen LogP contribution in [0.4, 0.5) is 0 Å². The summed E-state index contributed by atoms with van der Waals surface area (Å²) >= 11 is 2.24. The number of hydrogen-bond donors (Lipinski definition) is 1. The second-order valence-corrected chi connectivity index (χ2v) is 9.73. The summed E-state index contributed by atoms with van der Waals surface area (Å²) < 4.78 is 22.7. The van der Waals surface area contributed by atoms with Gasteiger partial charge >= 0.3 is 0 Å². The lowest BCUT2D eigenvalue weighted by atomic mass is 9.82. The number of ether oxygens (including phenoxy) is 1. The van der Waals surface area contributed by atoms with Crippen LogP contribution in [0.1, 0.15) is 38.4 Å². The molecule has 1 aliphatic heterocycles. The Morgan fingerprint density at radius 3 is 2.62 bits per heavy atom. The van der Waals surface area contributed by atoms with E-state index in [2.05, 4.69) is 25.6 Å². The van der Waals surface area contributed by atoms with E-state index in [1.54, 1.807) is 6.20 Å². The van der Waals surface area contributed by atoms with Crippen LogP contribution in [0.15, 0.2) is 47.1 Å². The van der Waals surface area contributed by atoms with Crippen molar-refractivity contribution in [2.24, 2.45) is 0 Å². The van der Waals surface area contributed by atoms with Gasteiger partial charge in [0.05, 0.1) is 6.61 Å². The monoisotopic (exact) mass is 408 g/mol. The van der Waals surface area contributed by atoms with Gasteiger partial charge in [0.1, 0.15) is 21.7 Å². The molecular formula is C18H21BrN2O2S. The minimum absolute atomic E-state index is 0.379. The fourth-order valence-electron chi connectivity index (χ4n) is 2.75. The third-order valence-electron chi connectivity index (χ3n) is 4.07. The predicted molar refractivity (Wildman–Crippen MR) is 100 cm³/mol. The summed E-state index contributed by atoms with van der Waals surface area (Å²) in [6, 6.07) is 11.9. The number of rotatable bonds is 3. The number of pyridine rings is 1. The summed E-state index contributed by atoms with van der Waals surface area (Å²) in [6.07, 6.45) is 2.42. The maximum absolute atomic E-state index is 12.9. The number of hydrogen-bond acceptors (Lipinski definition) is 4. The SMILES string of the molecule is CC(C)(C)[S+]([O-])N[C@]1(c2ccc(Br)cc2)CCOc2cccnc21. The second-order valence-electron chi connectivity index (χ2n) is 6.84. The minimum Gasteiger partial charge on any atom is -0.598 e. The number of halogens is 1. The highest BCUT2D eigenvalue weighted by molar-refractivity contribution is 9.10. The van der Waals surface area contributed by atoms with Gasteiger partial charge < -0.3 is 9.29 Å². The van der Waals surface area contributed by atoms with Crippen LogP contribution in [0.5, 0.6) is 5.75 Å². The van der Waals surface area contributed by atoms with E-state index in [0.717, 1.165) is 21.5 Å². The maximum Gasteiger partial charge on any atom is 0.143 e. The summed E-state index contributed by atoms with van der Waals surface area (Å²) in [6.45, 7) is 6.43. The molecule has 2 aromatic rings. The Morgan fingerprint density at radius 1 is 1.25 bits per heavy atom. The molecular weight excluding hydrogens is 388 g/mol. The molecule has 3 rings (SSSR count). The summed E-state index contributed by atoms with van der Waals surface area (Å²) in [5.41, 5.74) is 1.19. The van der Waals surface area contributed by atoms with E-state index in [4.69, 9.17) is 4.74 Å². The zero-order valence-electron chi connectivity index (χ0n) is 14.0.